The molecule has 2 aromatic rings. The molecule has 0 aliphatic carbocycles. The summed E-state index contributed by atoms with van der Waals surface area (Å²) >= 11 is 0. The lowest BCUT2D eigenvalue weighted by molar-refractivity contribution is -0.137. The number of benzene rings is 1. The Bertz CT molecular complexity index is 472. The Morgan fingerprint density at radius 1 is 1.29 bits per heavy atom. The molecule has 0 unspecified atom stereocenters. The molecule has 5 heteroatoms. The summed E-state index contributed by atoms with van der Waals surface area (Å²) in [5, 5.41) is 4.19. The summed E-state index contributed by atoms with van der Waals surface area (Å²) in [6.07, 6.45) is -4.34. The molecule has 0 saturated carbocycles. The van der Waals surface area contributed by atoms with Gasteiger partial charge in [-0.1, -0.05) is 5.16 Å². The number of aromatic nitrogens is 1. The van der Waals surface area contributed by atoms with Crippen molar-refractivity contribution in [2.75, 3.05) is 0 Å². The molecule has 0 fully saturated rings. The quantitative estimate of drug-likeness (QED) is 0.654. The van der Waals surface area contributed by atoms with Gasteiger partial charge in [0.25, 0.3) is 0 Å². The monoisotopic (exact) mass is 201 g/mol. The van der Waals surface area contributed by atoms with Gasteiger partial charge in [-0.25, -0.2) is 0 Å². The van der Waals surface area contributed by atoms with Crippen molar-refractivity contribution in [1.29, 1.82) is 0 Å². The van der Waals surface area contributed by atoms with Gasteiger partial charge in [0, 0.05) is 5.39 Å². The van der Waals surface area contributed by atoms with E-state index in [2.05, 4.69) is 5.16 Å². The number of rotatable bonds is 0. The van der Waals surface area contributed by atoms with E-state index in [-0.39, 0.29) is 5.58 Å². The lowest BCUT2D eigenvalue weighted by Crippen LogP contribution is -2.03. The largest absolute Gasteiger partial charge is 0.416 e. The third kappa shape index (κ3) is 1.34. The number of aryl methyl sites for hydroxylation is 1. The van der Waals surface area contributed by atoms with Gasteiger partial charge in [0.1, 0.15) is 0 Å². The Balaban J connectivity index is 2.63. The predicted molar refractivity (Wildman–Crippen MR) is 43.7 cm³/mol. The average Bonchev–Trinajstić information content (AvgIpc) is 2.46. The Morgan fingerprint density at radius 2 is 2.00 bits per heavy atom. The number of hydrogen-bond donors (Lipinski definition) is 0. The highest BCUT2D eigenvalue weighted by Crippen LogP contribution is 2.31. The van der Waals surface area contributed by atoms with Gasteiger partial charge in [0.15, 0.2) is 5.58 Å². The molecule has 1 aromatic heterocycles. The number of halogens is 3. The van der Waals surface area contributed by atoms with Crippen LogP contribution < -0.4 is 0 Å². The van der Waals surface area contributed by atoms with Crippen LogP contribution in [0, 0.1) is 6.92 Å². The highest BCUT2D eigenvalue weighted by Gasteiger charge is 2.31. The van der Waals surface area contributed by atoms with Gasteiger partial charge in [-0.2, -0.15) is 13.2 Å². The summed E-state index contributed by atoms with van der Waals surface area (Å²) in [5.74, 6) is 0. The van der Waals surface area contributed by atoms with E-state index in [9.17, 15) is 13.2 Å². The average molecular weight is 201 g/mol. The van der Waals surface area contributed by atoms with Crippen LogP contribution in [0.5, 0.6) is 0 Å². The van der Waals surface area contributed by atoms with E-state index in [4.69, 9.17) is 4.52 Å². The van der Waals surface area contributed by atoms with Crippen molar-refractivity contribution in [2.24, 2.45) is 0 Å². The summed E-state index contributed by atoms with van der Waals surface area (Å²) in [7, 11) is 0. The van der Waals surface area contributed by atoms with Crippen molar-refractivity contribution in [2.45, 2.75) is 13.1 Å². The molecule has 1 aromatic carbocycles. The van der Waals surface area contributed by atoms with Crippen LogP contribution in [0.4, 0.5) is 13.2 Å². The number of fused-ring (bicyclic) bond motifs is 1. The van der Waals surface area contributed by atoms with E-state index >= 15 is 0 Å². The van der Waals surface area contributed by atoms with E-state index in [1.54, 1.807) is 6.92 Å². The molecule has 74 valence electrons. The predicted octanol–water partition coefficient (Wildman–Crippen LogP) is 3.16. The lowest BCUT2D eigenvalue weighted by Gasteiger charge is -2.04. The van der Waals surface area contributed by atoms with Crippen LogP contribution in [0.3, 0.4) is 0 Å². The second-order valence-electron chi connectivity index (χ2n) is 2.98. The summed E-state index contributed by atoms with van der Waals surface area (Å²) in [5.41, 5.74) is 0.0344. The maximum absolute atomic E-state index is 12.3. The van der Waals surface area contributed by atoms with E-state index < -0.39 is 11.7 Å². The molecule has 14 heavy (non-hydrogen) atoms. The molecule has 0 N–H and O–H groups in total. The fraction of sp³-hybridized carbons (Fsp3) is 0.222. The maximum Gasteiger partial charge on any atom is 0.416 e. The molecule has 0 aliphatic rings. The zero-order chi connectivity index (χ0) is 10.3. The first-order valence-corrected chi connectivity index (χ1v) is 3.92. The smallest absolute Gasteiger partial charge is 0.356 e. The van der Waals surface area contributed by atoms with Gasteiger partial charge in [-0.15, -0.1) is 0 Å². The normalized spacial score (nSPS) is 12.3. The Morgan fingerprint density at radius 3 is 2.64 bits per heavy atom. The van der Waals surface area contributed by atoms with E-state index in [0.29, 0.717) is 11.1 Å². The molecule has 0 spiro atoms. The van der Waals surface area contributed by atoms with Crippen molar-refractivity contribution in [3.63, 3.8) is 0 Å². The Kier molecular flexibility index (Phi) is 1.77. The van der Waals surface area contributed by atoms with Crippen LogP contribution >= 0.6 is 0 Å². The van der Waals surface area contributed by atoms with Gasteiger partial charge >= 0.3 is 6.18 Å². The Labute approximate surface area is 77.3 Å². The van der Waals surface area contributed by atoms with Crippen molar-refractivity contribution in [3.8, 4) is 0 Å². The van der Waals surface area contributed by atoms with Crippen molar-refractivity contribution in [1.82, 2.24) is 5.16 Å². The molecule has 0 atom stereocenters. The summed E-state index contributed by atoms with van der Waals surface area (Å²) in [4.78, 5) is 0. The molecule has 0 amide bonds. The van der Waals surface area contributed by atoms with E-state index in [1.807, 2.05) is 0 Å². The summed E-state index contributed by atoms with van der Waals surface area (Å²) < 4.78 is 41.5. The second kappa shape index (κ2) is 2.73. The number of hydrogen-bond acceptors (Lipinski definition) is 2. The molecule has 1 heterocycles. The second-order valence-corrected chi connectivity index (χ2v) is 2.98. The molecule has 2 nitrogen and oxygen atoms in total. The van der Waals surface area contributed by atoms with Crippen LogP contribution in [0.15, 0.2) is 22.7 Å². The van der Waals surface area contributed by atoms with Gasteiger partial charge in [-0.05, 0) is 25.1 Å². The third-order valence-electron chi connectivity index (χ3n) is 1.98. The maximum atomic E-state index is 12.3. The number of nitrogens with zero attached hydrogens (tertiary/aromatic N) is 1. The topological polar surface area (TPSA) is 26.0 Å². The standard InChI is InChI=1S/C9H6F3NO/c1-5-7-3-2-6(9(10,11)12)4-8(7)14-13-5/h2-4H,1H3. The van der Waals surface area contributed by atoms with Crippen LogP contribution in [-0.4, -0.2) is 5.16 Å². The van der Waals surface area contributed by atoms with Crippen molar-refractivity contribution < 1.29 is 17.7 Å². The molecule has 0 aliphatic heterocycles. The minimum absolute atomic E-state index is 0.164. The van der Waals surface area contributed by atoms with E-state index in [0.717, 1.165) is 12.1 Å². The first-order valence-electron chi connectivity index (χ1n) is 3.92. The fourth-order valence-corrected chi connectivity index (χ4v) is 1.24. The summed E-state index contributed by atoms with van der Waals surface area (Å²) in [6.45, 7) is 1.68. The molecule has 0 saturated heterocycles. The van der Waals surface area contributed by atoms with Crippen molar-refractivity contribution in [3.05, 3.63) is 29.5 Å². The first kappa shape index (κ1) is 9.05. The molecule has 2 rings (SSSR count). The first-order chi connectivity index (χ1) is 6.48. The molecular weight excluding hydrogens is 195 g/mol. The van der Waals surface area contributed by atoms with Crippen LogP contribution in [0.1, 0.15) is 11.3 Å². The van der Waals surface area contributed by atoms with Gasteiger partial charge in [0.2, 0.25) is 0 Å². The Hall–Kier alpha value is -1.52. The zero-order valence-corrected chi connectivity index (χ0v) is 7.22. The SMILES string of the molecule is Cc1noc2cc(C(F)(F)F)ccc12. The highest BCUT2D eigenvalue weighted by atomic mass is 19.4. The zero-order valence-electron chi connectivity index (χ0n) is 7.22. The molecular formula is C9H6F3NO. The third-order valence-corrected chi connectivity index (χ3v) is 1.98. The van der Waals surface area contributed by atoms with Crippen LogP contribution in [0.25, 0.3) is 11.0 Å². The summed E-state index contributed by atoms with van der Waals surface area (Å²) in [6, 6.07) is 3.34. The van der Waals surface area contributed by atoms with Crippen LogP contribution in [0.2, 0.25) is 0 Å². The van der Waals surface area contributed by atoms with Gasteiger partial charge < -0.3 is 4.52 Å². The molecule has 0 bridgehead atoms. The fourth-order valence-electron chi connectivity index (χ4n) is 1.24. The van der Waals surface area contributed by atoms with Gasteiger partial charge in [-0.3, -0.25) is 0 Å². The highest BCUT2D eigenvalue weighted by molar-refractivity contribution is 5.79. The lowest BCUT2D eigenvalue weighted by atomic mass is 10.1. The minimum atomic E-state index is -4.34. The molecule has 0 radical (unpaired) electrons. The number of alkyl halides is 3. The van der Waals surface area contributed by atoms with Gasteiger partial charge in [0.05, 0.1) is 11.3 Å². The van der Waals surface area contributed by atoms with Crippen molar-refractivity contribution >= 4 is 11.0 Å². The van der Waals surface area contributed by atoms with Crippen LogP contribution in [-0.2, 0) is 6.18 Å². The minimum Gasteiger partial charge on any atom is -0.356 e. The van der Waals surface area contributed by atoms with E-state index in [1.165, 1.54) is 6.07 Å².